The number of allylic oxidation sites excluding steroid dienone is 2. The van der Waals surface area contributed by atoms with Crippen LogP contribution in [0, 0.1) is 5.92 Å². The number of likely N-dealkylation sites (tertiary alicyclic amines) is 1. The summed E-state index contributed by atoms with van der Waals surface area (Å²) in [4.78, 5) is 39.7. The summed E-state index contributed by atoms with van der Waals surface area (Å²) < 4.78 is 47.5. The molecule has 2 aromatic carbocycles. The number of ether oxygens (including phenoxy) is 1. The number of methoxy groups -OCH3 is 1. The minimum absolute atomic E-state index is 0.0785. The zero-order valence-electron chi connectivity index (χ0n) is 20.7. The topological polar surface area (TPSA) is 102 Å². The fraction of sp³-hybridized carbons (Fsp3) is 0.333. The molecule has 3 aromatic rings. The van der Waals surface area contributed by atoms with Gasteiger partial charge < -0.3 is 14.7 Å². The van der Waals surface area contributed by atoms with Crippen LogP contribution in [-0.4, -0.2) is 63.9 Å². The summed E-state index contributed by atoms with van der Waals surface area (Å²) in [6.07, 6.45) is -2.26. The molecule has 12 heteroatoms. The Morgan fingerprint density at radius 2 is 1.87 bits per heavy atom. The molecule has 0 bridgehead atoms. The van der Waals surface area contributed by atoms with Gasteiger partial charge >= 0.3 is 12.1 Å². The molecule has 1 atom stereocenters. The molecule has 1 amide bonds. The minimum atomic E-state index is -4.85. The Morgan fingerprint density at radius 3 is 2.49 bits per heavy atom. The number of carbonyl (C=O) groups excluding carboxylic acids is 2. The molecule has 1 fully saturated rings. The van der Waals surface area contributed by atoms with E-state index >= 15 is 0 Å². The highest BCUT2D eigenvalue weighted by Gasteiger charge is 2.38. The highest BCUT2D eigenvalue weighted by molar-refractivity contribution is 6.34. The predicted molar refractivity (Wildman–Crippen MR) is 136 cm³/mol. The van der Waals surface area contributed by atoms with Gasteiger partial charge in [0.15, 0.2) is 0 Å². The fourth-order valence-electron chi connectivity index (χ4n) is 4.93. The summed E-state index contributed by atoms with van der Waals surface area (Å²) in [5.41, 5.74) is -0.581. The third-order valence-corrected chi connectivity index (χ3v) is 7.50. The van der Waals surface area contributed by atoms with Gasteiger partial charge in [0.1, 0.15) is 0 Å². The van der Waals surface area contributed by atoms with Crippen molar-refractivity contribution in [2.24, 2.45) is 5.92 Å². The number of aromatic nitrogens is 2. The Morgan fingerprint density at radius 1 is 1.13 bits per heavy atom. The quantitative estimate of drug-likeness (QED) is 0.463. The van der Waals surface area contributed by atoms with Crippen molar-refractivity contribution in [1.82, 2.24) is 14.7 Å². The number of halogens is 4. The van der Waals surface area contributed by atoms with E-state index in [9.17, 15) is 32.7 Å². The van der Waals surface area contributed by atoms with Gasteiger partial charge in [-0.2, -0.15) is 23.0 Å². The normalized spacial score (nSPS) is 18.1. The van der Waals surface area contributed by atoms with Crippen LogP contribution in [0.15, 0.2) is 42.5 Å². The van der Waals surface area contributed by atoms with Gasteiger partial charge in [-0.05, 0) is 55.2 Å². The SMILES string of the molecule is COC1CN(C(=O)c2ccc3c(C4=CCC(C(=O)O)CC4)nn(C(=O)c4c(Cl)cccc4C(F)(F)F)c3c2)C1. The first-order chi connectivity index (χ1) is 18.5. The molecule has 39 heavy (non-hydrogen) atoms. The summed E-state index contributed by atoms with van der Waals surface area (Å²) >= 11 is 6.11. The highest BCUT2D eigenvalue weighted by atomic mass is 35.5. The molecule has 1 unspecified atom stereocenters. The third kappa shape index (κ3) is 4.92. The maximum absolute atomic E-state index is 13.8. The Balaban J connectivity index is 1.64. The molecule has 1 saturated heterocycles. The summed E-state index contributed by atoms with van der Waals surface area (Å²) in [5.74, 6) is -2.89. The molecule has 5 rings (SSSR count). The molecule has 2 heterocycles. The first-order valence-electron chi connectivity index (χ1n) is 12.2. The van der Waals surface area contributed by atoms with Gasteiger partial charge in [0.2, 0.25) is 0 Å². The summed E-state index contributed by atoms with van der Waals surface area (Å²) in [6, 6.07) is 7.68. The standard InChI is InChI=1S/C27H23ClF3N3O5/c1-39-17-12-33(13-17)24(35)16-9-10-18-21(11-16)34(32-23(18)14-5-7-15(8-6-14)26(37)38)25(36)22-19(27(29,30)31)3-2-4-20(22)28/h2-5,9-11,15,17H,6-8,12-13H2,1H3,(H,37,38). The molecule has 0 radical (unpaired) electrons. The van der Waals surface area contributed by atoms with Crippen LogP contribution in [0.4, 0.5) is 13.2 Å². The maximum atomic E-state index is 13.8. The Bertz CT molecular complexity index is 1520. The van der Waals surface area contributed by atoms with E-state index in [0.29, 0.717) is 42.6 Å². The van der Waals surface area contributed by atoms with Crippen LogP contribution in [0.5, 0.6) is 0 Å². The molecule has 0 spiro atoms. The zero-order valence-corrected chi connectivity index (χ0v) is 21.4. The van der Waals surface area contributed by atoms with Crippen LogP contribution in [0.3, 0.4) is 0 Å². The van der Waals surface area contributed by atoms with E-state index in [1.807, 2.05) is 0 Å². The first kappa shape index (κ1) is 26.9. The Hall–Kier alpha value is -3.70. The van der Waals surface area contributed by atoms with Crippen LogP contribution in [0.25, 0.3) is 16.5 Å². The molecule has 1 aliphatic carbocycles. The van der Waals surface area contributed by atoms with Gasteiger partial charge in [-0.25, -0.2) is 0 Å². The van der Waals surface area contributed by atoms with Crippen molar-refractivity contribution in [3.05, 3.63) is 69.9 Å². The van der Waals surface area contributed by atoms with E-state index < -0.39 is 35.1 Å². The van der Waals surface area contributed by atoms with E-state index in [-0.39, 0.29) is 34.5 Å². The van der Waals surface area contributed by atoms with E-state index in [2.05, 4.69) is 5.10 Å². The molecule has 0 saturated carbocycles. The van der Waals surface area contributed by atoms with Crippen molar-refractivity contribution < 1.29 is 37.4 Å². The molecular formula is C27H23ClF3N3O5. The van der Waals surface area contributed by atoms with Gasteiger partial charge in [0.25, 0.3) is 11.8 Å². The van der Waals surface area contributed by atoms with E-state index in [1.54, 1.807) is 30.2 Å². The Kier molecular flexibility index (Phi) is 6.98. The highest BCUT2D eigenvalue weighted by Crippen LogP contribution is 2.38. The summed E-state index contributed by atoms with van der Waals surface area (Å²) in [7, 11) is 1.55. The van der Waals surface area contributed by atoms with Crippen molar-refractivity contribution in [3.63, 3.8) is 0 Å². The van der Waals surface area contributed by atoms with Crippen molar-refractivity contribution in [3.8, 4) is 0 Å². The molecule has 204 valence electrons. The second kappa shape index (κ2) is 10.1. The largest absolute Gasteiger partial charge is 0.481 e. The van der Waals surface area contributed by atoms with Crippen LogP contribution in [-0.2, 0) is 15.7 Å². The lowest BCUT2D eigenvalue weighted by Gasteiger charge is -2.38. The molecule has 1 aromatic heterocycles. The zero-order chi connectivity index (χ0) is 28.1. The van der Waals surface area contributed by atoms with Gasteiger partial charge in [0, 0.05) is 31.1 Å². The predicted octanol–water partition coefficient (Wildman–Crippen LogP) is 5.14. The average Bonchev–Trinajstić information content (AvgIpc) is 3.26. The average molecular weight is 562 g/mol. The Labute approximate surface area is 225 Å². The first-order valence-corrected chi connectivity index (χ1v) is 12.5. The lowest BCUT2D eigenvalue weighted by Crippen LogP contribution is -2.54. The van der Waals surface area contributed by atoms with E-state index in [0.717, 1.165) is 16.8 Å². The maximum Gasteiger partial charge on any atom is 0.417 e. The number of hydrogen-bond donors (Lipinski definition) is 1. The van der Waals surface area contributed by atoms with Crippen molar-refractivity contribution in [1.29, 1.82) is 0 Å². The number of amides is 1. The second-order valence-electron chi connectivity index (χ2n) is 9.56. The lowest BCUT2D eigenvalue weighted by molar-refractivity contribution is -0.142. The van der Waals surface area contributed by atoms with Gasteiger partial charge in [-0.3, -0.25) is 14.4 Å². The number of carboxylic acids is 1. The number of nitrogens with zero attached hydrogens (tertiary/aromatic N) is 3. The van der Waals surface area contributed by atoms with E-state index in [4.69, 9.17) is 16.3 Å². The van der Waals surface area contributed by atoms with Crippen molar-refractivity contribution >= 4 is 45.9 Å². The monoisotopic (exact) mass is 561 g/mol. The fourth-order valence-corrected chi connectivity index (χ4v) is 5.19. The summed E-state index contributed by atoms with van der Waals surface area (Å²) in [5, 5.41) is 13.8. The van der Waals surface area contributed by atoms with Crippen LogP contribution in [0.1, 0.15) is 51.2 Å². The lowest BCUT2D eigenvalue weighted by atomic mass is 9.87. The molecule has 1 aliphatic heterocycles. The summed E-state index contributed by atoms with van der Waals surface area (Å²) in [6.45, 7) is 0.784. The van der Waals surface area contributed by atoms with Gasteiger partial charge in [-0.15, -0.1) is 0 Å². The number of alkyl halides is 3. The second-order valence-corrected chi connectivity index (χ2v) is 9.97. The van der Waals surface area contributed by atoms with E-state index in [1.165, 1.54) is 12.1 Å². The van der Waals surface area contributed by atoms with Crippen LogP contribution >= 0.6 is 11.6 Å². The van der Waals surface area contributed by atoms with Crippen molar-refractivity contribution in [2.75, 3.05) is 20.2 Å². The number of aliphatic carboxylic acids is 1. The van der Waals surface area contributed by atoms with Crippen LogP contribution < -0.4 is 0 Å². The minimum Gasteiger partial charge on any atom is -0.481 e. The molecular weight excluding hydrogens is 539 g/mol. The van der Waals surface area contributed by atoms with Gasteiger partial charge in [-0.1, -0.05) is 23.7 Å². The molecule has 8 nitrogen and oxygen atoms in total. The third-order valence-electron chi connectivity index (χ3n) is 7.19. The number of carbonyl (C=O) groups is 3. The van der Waals surface area contributed by atoms with Crippen LogP contribution in [0.2, 0.25) is 5.02 Å². The smallest absolute Gasteiger partial charge is 0.417 e. The number of carboxylic acid groups (broad SMARTS) is 1. The number of rotatable bonds is 5. The van der Waals surface area contributed by atoms with Gasteiger partial charge in [0.05, 0.1) is 39.4 Å². The molecule has 2 aliphatic rings. The number of benzene rings is 2. The number of hydrogen-bond acceptors (Lipinski definition) is 5. The number of fused-ring (bicyclic) bond motifs is 1. The molecule has 1 N–H and O–H groups in total. The van der Waals surface area contributed by atoms with Crippen molar-refractivity contribution in [2.45, 2.75) is 31.5 Å².